The zero-order valence-corrected chi connectivity index (χ0v) is 18.3. The standard InChI is InChI=1S/C21H19Cl2N3O3S/c22-15-7-3-9-17(19(15)23)24-18(27)12-30-21-25-16-8-2-1-6-14(16)20(28)26(21)11-13-5-4-10-29-13/h1-3,6-9,13H,4-5,10-12H2,(H,24,27)/t13-/m0/s1. The van der Waals surface area contributed by atoms with E-state index in [1.54, 1.807) is 34.9 Å². The van der Waals surface area contributed by atoms with Crippen molar-refractivity contribution in [1.29, 1.82) is 0 Å². The molecule has 4 rings (SSSR count). The number of halogens is 2. The number of nitrogens with zero attached hydrogens (tertiary/aromatic N) is 2. The third-order valence-corrected chi connectivity index (χ3v) is 6.59. The van der Waals surface area contributed by atoms with Gasteiger partial charge in [0.2, 0.25) is 5.91 Å². The Morgan fingerprint density at radius 1 is 1.23 bits per heavy atom. The first-order valence-corrected chi connectivity index (χ1v) is 11.2. The molecule has 0 radical (unpaired) electrons. The lowest BCUT2D eigenvalue weighted by Crippen LogP contribution is -2.29. The van der Waals surface area contributed by atoms with Gasteiger partial charge < -0.3 is 10.1 Å². The first-order valence-electron chi connectivity index (χ1n) is 9.51. The summed E-state index contributed by atoms with van der Waals surface area (Å²) in [5.74, 6) is -0.200. The topological polar surface area (TPSA) is 73.2 Å². The van der Waals surface area contributed by atoms with Crippen molar-refractivity contribution in [2.75, 3.05) is 17.7 Å². The van der Waals surface area contributed by atoms with E-state index in [0.717, 1.165) is 12.8 Å². The molecule has 0 saturated carbocycles. The lowest BCUT2D eigenvalue weighted by atomic mass is 10.2. The van der Waals surface area contributed by atoms with E-state index < -0.39 is 0 Å². The zero-order chi connectivity index (χ0) is 21.1. The third-order valence-electron chi connectivity index (χ3n) is 4.79. The molecule has 6 nitrogen and oxygen atoms in total. The first-order chi connectivity index (χ1) is 14.5. The van der Waals surface area contributed by atoms with Crippen LogP contribution in [0, 0.1) is 0 Å². The number of nitrogens with one attached hydrogen (secondary N) is 1. The number of aromatic nitrogens is 2. The molecule has 1 N–H and O–H groups in total. The van der Waals surface area contributed by atoms with E-state index >= 15 is 0 Å². The Hall–Kier alpha value is -2.06. The molecule has 1 aliphatic heterocycles. The van der Waals surface area contributed by atoms with Gasteiger partial charge in [-0.1, -0.05) is 53.2 Å². The number of anilines is 1. The molecular formula is C21H19Cl2N3O3S. The lowest BCUT2D eigenvalue weighted by molar-refractivity contribution is -0.113. The van der Waals surface area contributed by atoms with Gasteiger partial charge in [0, 0.05) is 6.61 Å². The monoisotopic (exact) mass is 463 g/mol. The SMILES string of the molecule is O=C(CSc1nc2ccccc2c(=O)n1C[C@@H]1CCCO1)Nc1cccc(Cl)c1Cl. The highest BCUT2D eigenvalue weighted by molar-refractivity contribution is 7.99. The Morgan fingerprint density at radius 3 is 2.87 bits per heavy atom. The van der Waals surface area contributed by atoms with Gasteiger partial charge in [-0.3, -0.25) is 14.2 Å². The number of benzene rings is 2. The molecule has 1 aromatic heterocycles. The number of carbonyl (C=O) groups excluding carboxylic acids is 1. The van der Waals surface area contributed by atoms with Crippen LogP contribution in [0.2, 0.25) is 10.0 Å². The van der Waals surface area contributed by atoms with Crippen LogP contribution in [0.1, 0.15) is 12.8 Å². The van der Waals surface area contributed by atoms with Crippen molar-refractivity contribution in [3.8, 4) is 0 Å². The Balaban J connectivity index is 1.57. The molecule has 1 fully saturated rings. The molecule has 30 heavy (non-hydrogen) atoms. The number of para-hydroxylation sites is 1. The van der Waals surface area contributed by atoms with Crippen molar-refractivity contribution in [3.05, 3.63) is 62.9 Å². The summed E-state index contributed by atoms with van der Waals surface area (Å²) in [7, 11) is 0. The number of thioether (sulfide) groups is 1. The minimum absolute atomic E-state index is 0.0240. The van der Waals surface area contributed by atoms with Gasteiger partial charge in [0.15, 0.2) is 5.16 Å². The van der Waals surface area contributed by atoms with E-state index in [4.69, 9.17) is 27.9 Å². The summed E-state index contributed by atoms with van der Waals surface area (Å²) in [4.78, 5) is 30.2. The van der Waals surface area contributed by atoms with Crippen LogP contribution in [-0.2, 0) is 16.1 Å². The summed E-state index contributed by atoms with van der Waals surface area (Å²) in [6.45, 7) is 1.12. The van der Waals surface area contributed by atoms with Crippen LogP contribution < -0.4 is 10.9 Å². The van der Waals surface area contributed by atoms with Crippen molar-refractivity contribution in [2.24, 2.45) is 0 Å². The smallest absolute Gasteiger partial charge is 0.262 e. The normalized spacial score (nSPS) is 16.1. The third kappa shape index (κ3) is 4.64. The summed E-state index contributed by atoms with van der Waals surface area (Å²) < 4.78 is 7.32. The van der Waals surface area contributed by atoms with E-state index in [1.807, 2.05) is 12.1 Å². The van der Waals surface area contributed by atoms with E-state index in [9.17, 15) is 9.59 Å². The highest BCUT2D eigenvalue weighted by Crippen LogP contribution is 2.30. The number of fused-ring (bicyclic) bond motifs is 1. The van der Waals surface area contributed by atoms with Crippen LogP contribution in [0.4, 0.5) is 5.69 Å². The maximum atomic E-state index is 13.1. The summed E-state index contributed by atoms with van der Waals surface area (Å²) in [5.41, 5.74) is 0.918. The van der Waals surface area contributed by atoms with Gasteiger partial charge in [-0.2, -0.15) is 0 Å². The fourth-order valence-corrected chi connectivity index (χ4v) is 4.48. The molecule has 0 spiro atoms. The number of rotatable bonds is 6. The number of ether oxygens (including phenoxy) is 1. The second-order valence-electron chi connectivity index (χ2n) is 6.90. The number of hydrogen-bond donors (Lipinski definition) is 1. The van der Waals surface area contributed by atoms with Crippen molar-refractivity contribution in [1.82, 2.24) is 9.55 Å². The Bertz CT molecular complexity index is 1150. The highest BCUT2D eigenvalue weighted by Gasteiger charge is 2.21. The molecule has 9 heteroatoms. The summed E-state index contributed by atoms with van der Waals surface area (Å²) in [6, 6.07) is 12.2. The van der Waals surface area contributed by atoms with Crippen LogP contribution in [0.5, 0.6) is 0 Å². The van der Waals surface area contributed by atoms with Crippen LogP contribution in [0.25, 0.3) is 10.9 Å². The molecule has 1 atom stereocenters. The zero-order valence-electron chi connectivity index (χ0n) is 15.9. The highest BCUT2D eigenvalue weighted by atomic mass is 35.5. The predicted octanol–water partition coefficient (Wildman–Crippen LogP) is 4.61. The molecule has 0 bridgehead atoms. The van der Waals surface area contributed by atoms with E-state index in [2.05, 4.69) is 10.3 Å². The maximum absolute atomic E-state index is 13.1. The molecule has 3 aromatic rings. The van der Waals surface area contributed by atoms with E-state index in [1.165, 1.54) is 11.8 Å². The largest absolute Gasteiger partial charge is 0.376 e. The molecule has 1 saturated heterocycles. The Kier molecular flexibility index (Phi) is 6.63. The average Bonchev–Trinajstić information content (AvgIpc) is 3.25. The van der Waals surface area contributed by atoms with Crippen LogP contribution >= 0.6 is 35.0 Å². The molecule has 0 unspecified atom stereocenters. The van der Waals surface area contributed by atoms with Gasteiger partial charge in [0.05, 0.1) is 45.0 Å². The van der Waals surface area contributed by atoms with Gasteiger partial charge >= 0.3 is 0 Å². The van der Waals surface area contributed by atoms with Gasteiger partial charge in [0.25, 0.3) is 5.56 Å². The molecule has 1 aliphatic rings. The second-order valence-corrected chi connectivity index (χ2v) is 8.63. The maximum Gasteiger partial charge on any atom is 0.262 e. The van der Waals surface area contributed by atoms with Crippen molar-refractivity contribution in [2.45, 2.75) is 30.6 Å². The van der Waals surface area contributed by atoms with Gasteiger partial charge in [-0.15, -0.1) is 0 Å². The van der Waals surface area contributed by atoms with Gasteiger partial charge in [0.1, 0.15) is 0 Å². The Morgan fingerprint density at radius 2 is 2.07 bits per heavy atom. The van der Waals surface area contributed by atoms with E-state index in [-0.39, 0.29) is 28.3 Å². The number of carbonyl (C=O) groups is 1. The quantitative estimate of drug-likeness (QED) is 0.426. The average molecular weight is 464 g/mol. The molecule has 2 aromatic carbocycles. The van der Waals surface area contributed by atoms with Crippen molar-refractivity contribution in [3.63, 3.8) is 0 Å². The fraction of sp³-hybridized carbons (Fsp3) is 0.286. The lowest BCUT2D eigenvalue weighted by Gasteiger charge is -2.16. The Labute approximate surface area is 187 Å². The summed E-state index contributed by atoms with van der Waals surface area (Å²) >= 11 is 13.3. The molecule has 2 heterocycles. The summed E-state index contributed by atoms with van der Waals surface area (Å²) in [6.07, 6.45) is 1.85. The fourth-order valence-electron chi connectivity index (χ4n) is 3.33. The second kappa shape index (κ2) is 9.39. The molecule has 1 amide bonds. The first kappa shape index (κ1) is 21.2. The molecule has 156 valence electrons. The molecular weight excluding hydrogens is 445 g/mol. The van der Waals surface area contributed by atoms with Crippen LogP contribution in [-0.4, -0.2) is 33.9 Å². The minimum atomic E-state index is -0.268. The van der Waals surface area contributed by atoms with Gasteiger partial charge in [-0.05, 0) is 37.1 Å². The summed E-state index contributed by atoms with van der Waals surface area (Å²) in [5, 5.41) is 4.44. The predicted molar refractivity (Wildman–Crippen MR) is 121 cm³/mol. The van der Waals surface area contributed by atoms with Crippen LogP contribution in [0.15, 0.2) is 52.4 Å². The molecule has 0 aliphatic carbocycles. The number of hydrogen-bond acceptors (Lipinski definition) is 5. The number of amides is 1. The van der Waals surface area contributed by atoms with E-state index in [0.29, 0.717) is 39.9 Å². The van der Waals surface area contributed by atoms with Crippen molar-refractivity contribution >= 4 is 57.5 Å². The van der Waals surface area contributed by atoms with Crippen LogP contribution in [0.3, 0.4) is 0 Å². The van der Waals surface area contributed by atoms with Gasteiger partial charge in [-0.25, -0.2) is 4.98 Å². The minimum Gasteiger partial charge on any atom is -0.376 e. The van der Waals surface area contributed by atoms with Crippen molar-refractivity contribution < 1.29 is 9.53 Å².